The van der Waals surface area contributed by atoms with Crippen LogP contribution in [0.4, 0.5) is 0 Å². The Bertz CT molecular complexity index is 726. The third-order valence-corrected chi connectivity index (χ3v) is 4.17. The molecule has 120 valence electrons. The lowest BCUT2D eigenvalue weighted by Crippen LogP contribution is -2.41. The summed E-state index contributed by atoms with van der Waals surface area (Å²) in [4.78, 5) is 1.78. The monoisotopic (exact) mass is 387 g/mol. The molecule has 0 saturated heterocycles. The fraction of sp³-hybridized carbons (Fsp3) is 0.143. The van der Waals surface area contributed by atoms with Crippen molar-refractivity contribution in [1.82, 2.24) is 15.3 Å². The van der Waals surface area contributed by atoms with E-state index in [9.17, 15) is 5.26 Å². The van der Waals surface area contributed by atoms with Crippen molar-refractivity contribution in [3.05, 3.63) is 57.1 Å². The summed E-state index contributed by atoms with van der Waals surface area (Å²) in [6, 6.07) is 5.47. The topological polar surface area (TPSA) is 68.3 Å². The first-order valence-corrected chi connectivity index (χ1v) is 7.99. The van der Waals surface area contributed by atoms with E-state index >= 15 is 0 Å². The Morgan fingerprint density at radius 1 is 1.30 bits per heavy atom. The van der Waals surface area contributed by atoms with Crippen molar-refractivity contribution < 1.29 is 0 Å². The smallest absolute Gasteiger partial charge is 0.183 e. The lowest BCUT2D eigenvalue weighted by Gasteiger charge is -2.28. The lowest BCUT2D eigenvalue weighted by atomic mass is 10.1. The molecule has 0 unspecified atom stereocenters. The number of hydrazine groups is 1. The van der Waals surface area contributed by atoms with Crippen molar-refractivity contribution >= 4 is 52.1 Å². The van der Waals surface area contributed by atoms with Crippen LogP contribution in [0.5, 0.6) is 0 Å². The van der Waals surface area contributed by atoms with Gasteiger partial charge in [0.15, 0.2) is 5.11 Å². The molecule has 0 radical (unpaired) electrons. The number of rotatable bonds is 4. The van der Waals surface area contributed by atoms with Crippen molar-refractivity contribution in [2.45, 2.75) is 6.42 Å². The van der Waals surface area contributed by atoms with Gasteiger partial charge in [-0.15, -0.1) is 0 Å². The zero-order valence-electron chi connectivity index (χ0n) is 11.8. The molecule has 1 aromatic rings. The first kappa shape index (κ1) is 17.7. The Morgan fingerprint density at radius 3 is 2.70 bits per heavy atom. The molecule has 0 aliphatic carbocycles. The number of hydrogen-bond acceptors (Lipinski definition) is 4. The summed E-state index contributed by atoms with van der Waals surface area (Å²) < 4.78 is 0. The van der Waals surface area contributed by atoms with Gasteiger partial charge in [-0.05, 0) is 36.3 Å². The van der Waals surface area contributed by atoms with E-state index < -0.39 is 0 Å². The molecule has 0 fully saturated rings. The first-order valence-electron chi connectivity index (χ1n) is 6.45. The van der Waals surface area contributed by atoms with E-state index in [4.69, 9.17) is 52.8 Å². The van der Waals surface area contributed by atoms with E-state index in [1.165, 1.54) is 5.01 Å². The number of nitrogens with zero attached hydrogens (tertiary/aromatic N) is 3. The second-order valence-corrected chi connectivity index (χ2v) is 6.27. The van der Waals surface area contributed by atoms with Gasteiger partial charge in [0.25, 0.3) is 0 Å². The maximum atomic E-state index is 9.27. The Labute approximate surface area is 154 Å². The third-order valence-electron chi connectivity index (χ3n) is 3.02. The molecule has 0 saturated carbocycles. The molecule has 1 aromatic carbocycles. The molecule has 5 nitrogen and oxygen atoms in total. The fourth-order valence-corrected chi connectivity index (χ4v) is 2.84. The van der Waals surface area contributed by atoms with Gasteiger partial charge in [-0.1, -0.05) is 34.8 Å². The van der Waals surface area contributed by atoms with E-state index in [-0.39, 0.29) is 5.11 Å². The first-order chi connectivity index (χ1) is 10.9. The van der Waals surface area contributed by atoms with Crippen LogP contribution < -0.4 is 11.2 Å². The Hall–Kier alpha value is -1.65. The van der Waals surface area contributed by atoms with Crippen LogP contribution in [0.15, 0.2) is 36.4 Å². The van der Waals surface area contributed by atoms with Crippen LogP contribution in [0, 0.1) is 11.3 Å². The fourth-order valence-electron chi connectivity index (χ4n) is 2.00. The number of thiocarbonyl (C=S) groups is 1. The van der Waals surface area contributed by atoms with Crippen LogP contribution in [-0.2, 0) is 6.42 Å². The van der Waals surface area contributed by atoms with Crippen molar-refractivity contribution in [2.24, 2.45) is 5.73 Å². The molecule has 1 aliphatic rings. The number of halogens is 3. The molecule has 0 spiro atoms. The molecule has 3 N–H and O–H groups in total. The minimum Gasteiger partial charge on any atom is -0.375 e. The normalized spacial score (nSPS) is 13.6. The van der Waals surface area contributed by atoms with E-state index in [1.807, 2.05) is 0 Å². The van der Waals surface area contributed by atoms with Gasteiger partial charge in [0, 0.05) is 24.0 Å². The second kappa shape index (κ2) is 7.75. The average Bonchev–Trinajstić information content (AvgIpc) is 2.49. The van der Waals surface area contributed by atoms with Gasteiger partial charge in [0.05, 0.1) is 16.2 Å². The van der Waals surface area contributed by atoms with Gasteiger partial charge in [0.1, 0.15) is 11.8 Å². The highest BCUT2D eigenvalue weighted by molar-refractivity contribution is 7.80. The zero-order chi connectivity index (χ0) is 17.0. The van der Waals surface area contributed by atoms with E-state index in [0.29, 0.717) is 33.7 Å². The van der Waals surface area contributed by atoms with Crippen LogP contribution in [-0.4, -0.2) is 21.6 Å². The van der Waals surface area contributed by atoms with Gasteiger partial charge in [-0.25, -0.2) is 0 Å². The standard InChI is InChI=1S/C14H12Cl3N5S/c15-10-5-9(13(17)12(16)6-10)1-2-21-3-4-22(20-14(19)23)8-11(21)7-18/h3-6,8H,1-2H2,(H3,19,20,23). The molecule has 1 heterocycles. The van der Waals surface area contributed by atoms with Crippen LogP contribution in [0.1, 0.15) is 5.56 Å². The van der Waals surface area contributed by atoms with Crippen LogP contribution in [0.3, 0.4) is 0 Å². The number of benzene rings is 1. The Kier molecular flexibility index (Phi) is 5.97. The predicted octanol–water partition coefficient (Wildman–Crippen LogP) is 3.39. The quantitative estimate of drug-likeness (QED) is 0.609. The number of allylic oxidation sites excluding steroid dienone is 1. The largest absolute Gasteiger partial charge is 0.375 e. The van der Waals surface area contributed by atoms with E-state index in [1.54, 1.807) is 35.6 Å². The molecular weight excluding hydrogens is 377 g/mol. The lowest BCUT2D eigenvalue weighted by molar-refractivity contribution is 0.382. The predicted molar refractivity (Wildman–Crippen MR) is 96.5 cm³/mol. The van der Waals surface area contributed by atoms with Crippen molar-refractivity contribution in [3.8, 4) is 6.07 Å². The van der Waals surface area contributed by atoms with Gasteiger partial charge in [0.2, 0.25) is 0 Å². The van der Waals surface area contributed by atoms with Gasteiger partial charge >= 0.3 is 0 Å². The van der Waals surface area contributed by atoms with E-state index in [0.717, 1.165) is 5.56 Å². The van der Waals surface area contributed by atoms with Crippen LogP contribution in [0.25, 0.3) is 0 Å². The highest BCUT2D eigenvalue weighted by Crippen LogP contribution is 2.30. The minimum atomic E-state index is 0.108. The highest BCUT2D eigenvalue weighted by Gasteiger charge is 2.15. The molecule has 23 heavy (non-hydrogen) atoms. The Balaban J connectivity index is 2.08. The molecule has 0 aromatic heterocycles. The molecule has 0 bridgehead atoms. The number of nitriles is 1. The summed E-state index contributed by atoms with van der Waals surface area (Å²) in [7, 11) is 0. The van der Waals surface area contributed by atoms with Crippen molar-refractivity contribution in [3.63, 3.8) is 0 Å². The summed E-state index contributed by atoms with van der Waals surface area (Å²) in [6.07, 6.45) is 5.60. The molecule has 0 atom stereocenters. The average molecular weight is 389 g/mol. The summed E-state index contributed by atoms with van der Waals surface area (Å²) >= 11 is 23.0. The van der Waals surface area contributed by atoms with Crippen LogP contribution >= 0.6 is 47.0 Å². The van der Waals surface area contributed by atoms with Crippen LogP contribution in [0.2, 0.25) is 15.1 Å². The SMILES string of the molecule is N#CC1=CN(NC(N)=S)C=CN1CCc1cc(Cl)cc(Cl)c1Cl. The zero-order valence-corrected chi connectivity index (χ0v) is 14.8. The van der Waals surface area contributed by atoms with Gasteiger partial charge in [-0.3, -0.25) is 10.4 Å². The minimum absolute atomic E-state index is 0.108. The summed E-state index contributed by atoms with van der Waals surface area (Å²) in [5.41, 5.74) is 9.36. The maximum absolute atomic E-state index is 9.27. The van der Waals surface area contributed by atoms with Gasteiger partial charge in [-0.2, -0.15) is 5.26 Å². The number of hydrogen-bond donors (Lipinski definition) is 2. The summed E-state index contributed by atoms with van der Waals surface area (Å²) in [5.74, 6) is 0. The highest BCUT2D eigenvalue weighted by atomic mass is 35.5. The maximum Gasteiger partial charge on any atom is 0.183 e. The molecule has 9 heteroatoms. The van der Waals surface area contributed by atoms with Crippen molar-refractivity contribution in [2.75, 3.05) is 6.54 Å². The van der Waals surface area contributed by atoms with Gasteiger partial charge < -0.3 is 10.6 Å². The molecule has 1 aliphatic heterocycles. The third kappa shape index (κ3) is 4.66. The number of nitrogens with two attached hydrogens (primary N) is 1. The van der Waals surface area contributed by atoms with Crippen molar-refractivity contribution in [1.29, 1.82) is 5.26 Å². The second-order valence-electron chi connectivity index (χ2n) is 4.61. The molecule has 2 rings (SSSR count). The summed E-state index contributed by atoms with van der Waals surface area (Å²) in [5, 5.41) is 12.3. The van der Waals surface area contributed by atoms with E-state index in [2.05, 4.69) is 11.5 Å². The Morgan fingerprint density at radius 2 is 2.04 bits per heavy atom. The summed E-state index contributed by atoms with van der Waals surface area (Å²) in [6.45, 7) is 0.535. The molecular formula is C14H12Cl3N5S. The molecule has 0 amide bonds. The number of nitrogens with one attached hydrogen (secondary N) is 1.